The zero-order valence-electron chi connectivity index (χ0n) is 18.0. The van der Waals surface area contributed by atoms with Crippen molar-refractivity contribution in [1.82, 2.24) is 10.4 Å². The van der Waals surface area contributed by atoms with Gasteiger partial charge in [0.2, 0.25) is 0 Å². The summed E-state index contributed by atoms with van der Waals surface area (Å²) in [6.45, 7) is 4.49. The van der Waals surface area contributed by atoms with Crippen LogP contribution < -0.4 is 5.32 Å². The Balaban J connectivity index is 1.56. The molecule has 32 heavy (non-hydrogen) atoms. The van der Waals surface area contributed by atoms with Crippen molar-refractivity contribution in [3.63, 3.8) is 0 Å². The molecule has 0 aromatic heterocycles. The zero-order valence-corrected chi connectivity index (χ0v) is 18.0. The van der Waals surface area contributed by atoms with Crippen molar-refractivity contribution in [2.75, 3.05) is 13.2 Å². The van der Waals surface area contributed by atoms with Crippen LogP contribution in [0.1, 0.15) is 59.2 Å². The van der Waals surface area contributed by atoms with E-state index in [9.17, 15) is 19.2 Å². The average Bonchev–Trinajstić information content (AvgIpc) is 3.26. The van der Waals surface area contributed by atoms with Crippen molar-refractivity contribution in [3.8, 4) is 11.1 Å². The Morgan fingerprint density at radius 3 is 2.38 bits per heavy atom. The van der Waals surface area contributed by atoms with Crippen LogP contribution >= 0.6 is 0 Å². The second kappa shape index (κ2) is 8.82. The summed E-state index contributed by atoms with van der Waals surface area (Å²) >= 11 is 0. The summed E-state index contributed by atoms with van der Waals surface area (Å²) in [6.07, 6.45) is -0.259. The maximum Gasteiger partial charge on any atom is 0.533 e. The second-order valence-electron chi connectivity index (χ2n) is 7.94. The van der Waals surface area contributed by atoms with E-state index in [1.807, 2.05) is 44.2 Å². The highest BCUT2D eigenvalue weighted by molar-refractivity contribution is 6.01. The first-order chi connectivity index (χ1) is 15.4. The first kappa shape index (κ1) is 21.5. The molecule has 1 N–H and O–H groups in total. The SMILES string of the molecule is CCCNC(=O)c1ccc2c(c1)C(COC(=O)ON1C(=O)CCC1=O)c1cc(C)ccc1-2. The van der Waals surface area contributed by atoms with E-state index in [4.69, 9.17) is 9.57 Å². The van der Waals surface area contributed by atoms with Crippen LogP contribution in [0.2, 0.25) is 0 Å². The fourth-order valence-corrected chi connectivity index (χ4v) is 4.05. The first-order valence-electron chi connectivity index (χ1n) is 10.6. The predicted molar refractivity (Wildman–Crippen MR) is 115 cm³/mol. The lowest BCUT2D eigenvalue weighted by Gasteiger charge is -2.17. The number of amides is 3. The van der Waals surface area contributed by atoms with Crippen LogP contribution in [0.15, 0.2) is 36.4 Å². The molecule has 4 rings (SSSR count). The molecule has 2 aromatic rings. The number of imide groups is 1. The van der Waals surface area contributed by atoms with Crippen molar-refractivity contribution in [2.24, 2.45) is 0 Å². The van der Waals surface area contributed by atoms with Crippen molar-refractivity contribution in [2.45, 2.75) is 39.0 Å². The van der Waals surface area contributed by atoms with E-state index in [0.29, 0.717) is 17.2 Å². The molecule has 166 valence electrons. The highest BCUT2D eigenvalue weighted by Gasteiger charge is 2.35. The van der Waals surface area contributed by atoms with Crippen molar-refractivity contribution in [3.05, 3.63) is 58.7 Å². The number of benzene rings is 2. The lowest BCUT2D eigenvalue weighted by Crippen LogP contribution is -2.32. The monoisotopic (exact) mass is 436 g/mol. The number of carbonyl (C=O) groups is 4. The molecule has 0 radical (unpaired) electrons. The highest BCUT2D eigenvalue weighted by atomic mass is 16.8. The minimum Gasteiger partial charge on any atom is -0.432 e. The van der Waals surface area contributed by atoms with Gasteiger partial charge in [0.15, 0.2) is 0 Å². The second-order valence-corrected chi connectivity index (χ2v) is 7.94. The summed E-state index contributed by atoms with van der Waals surface area (Å²) < 4.78 is 5.30. The largest absolute Gasteiger partial charge is 0.533 e. The van der Waals surface area contributed by atoms with E-state index in [1.54, 1.807) is 6.07 Å². The van der Waals surface area contributed by atoms with E-state index in [-0.39, 0.29) is 31.3 Å². The molecule has 1 heterocycles. The number of hydrogen-bond acceptors (Lipinski definition) is 6. The molecule has 2 aliphatic rings. The minimum absolute atomic E-state index is 0.0115. The van der Waals surface area contributed by atoms with Crippen LogP contribution in [0.25, 0.3) is 11.1 Å². The molecule has 8 nitrogen and oxygen atoms in total. The molecule has 0 spiro atoms. The van der Waals surface area contributed by atoms with Crippen LogP contribution in [-0.4, -0.2) is 42.1 Å². The maximum absolute atomic E-state index is 12.5. The van der Waals surface area contributed by atoms with Gasteiger partial charge < -0.3 is 10.1 Å². The molecule has 1 unspecified atom stereocenters. The predicted octanol–water partition coefficient (Wildman–Crippen LogP) is 3.46. The molecule has 0 bridgehead atoms. The van der Waals surface area contributed by atoms with E-state index >= 15 is 0 Å². The van der Waals surface area contributed by atoms with Crippen LogP contribution in [0.5, 0.6) is 0 Å². The van der Waals surface area contributed by atoms with Gasteiger partial charge in [-0.05, 0) is 47.7 Å². The molecular weight excluding hydrogens is 412 g/mol. The third kappa shape index (κ3) is 4.08. The van der Waals surface area contributed by atoms with Crippen molar-refractivity contribution in [1.29, 1.82) is 0 Å². The quantitative estimate of drug-likeness (QED) is 0.550. The van der Waals surface area contributed by atoms with Gasteiger partial charge in [-0.1, -0.05) is 41.8 Å². The van der Waals surface area contributed by atoms with E-state index in [0.717, 1.165) is 34.2 Å². The molecule has 3 amide bonds. The molecule has 1 saturated heterocycles. The third-order valence-electron chi connectivity index (χ3n) is 5.64. The number of hydroxylamine groups is 2. The fourth-order valence-electron chi connectivity index (χ4n) is 4.05. The summed E-state index contributed by atoms with van der Waals surface area (Å²) in [5, 5.41) is 3.33. The van der Waals surface area contributed by atoms with Crippen LogP contribution in [-0.2, 0) is 19.2 Å². The maximum atomic E-state index is 12.5. The van der Waals surface area contributed by atoms with E-state index in [2.05, 4.69) is 5.32 Å². The van der Waals surface area contributed by atoms with Gasteiger partial charge in [-0.15, -0.1) is 0 Å². The number of aryl methyl sites for hydroxylation is 1. The summed E-state index contributed by atoms with van der Waals surface area (Å²) in [7, 11) is 0. The average molecular weight is 436 g/mol. The number of rotatable bonds is 6. The van der Waals surface area contributed by atoms with Crippen molar-refractivity contribution < 1.29 is 28.8 Å². The van der Waals surface area contributed by atoms with Gasteiger partial charge in [0.1, 0.15) is 6.61 Å². The molecule has 1 aliphatic carbocycles. The molecule has 2 aromatic carbocycles. The lowest BCUT2D eigenvalue weighted by molar-refractivity contribution is -0.177. The normalized spacial score (nSPS) is 16.6. The number of nitrogens with one attached hydrogen (secondary N) is 1. The van der Waals surface area contributed by atoms with Gasteiger partial charge >= 0.3 is 6.16 Å². The standard InChI is InChI=1S/C24H24N2O6/c1-3-10-25-23(29)15-5-7-17-16-6-4-14(2)11-18(16)20(19(17)12-15)13-31-24(30)32-26-21(27)8-9-22(26)28/h4-7,11-12,20H,3,8-10,13H2,1-2H3,(H,25,29). The Labute approximate surface area is 185 Å². The Morgan fingerprint density at radius 2 is 1.69 bits per heavy atom. The molecule has 8 heteroatoms. The summed E-state index contributed by atoms with van der Waals surface area (Å²) in [5.74, 6) is -1.60. The third-order valence-corrected chi connectivity index (χ3v) is 5.64. The summed E-state index contributed by atoms with van der Waals surface area (Å²) in [5.41, 5.74) is 5.42. The lowest BCUT2D eigenvalue weighted by atomic mass is 9.95. The molecular formula is C24H24N2O6. The molecule has 1 aliphatic heterocycles. The minimum atomic E-state index is -1.12. The molecule has 0 saturated carbocycles. The Morgan fingerprint density at radius 1 is 1.03 bits per heavy atom. The van der Waals surface area contributed by atoms with Gasteiger partial charge in [-0.3, -0.25) is 19.2 Å². The number of ether oxygens (including phenoxy) is 1. The van der Waals surface area contributed by atoms with E-state index < -0.39 is 18.0 Å². The van der Waals surface area contributed by atoms with Gasteiger partial charge in [0.05, 0.1) is 0 Å². The van der Waals surface area contributed by atoms with E-state index in [1.165, 1.54) is 0 Å². The van der Waals surface area contributed by atoms with Gasteiger partial charge in [-0.2, -0.15) is 0 Å². The smallest absolute Gasteiger partial charge is 0.432 e. The highest BCUT2D eigenvalue weighted by Crippen LogP contribution is 2.45. The Kier molecular flexibility index (Phi) is 5.94. The first-order valence-corrected chi connectivity index (χ1v) is 10.6. The molecule has 1 atom stereocenters. The Hall–Kier alpha value is -3.68. The zero-order chi connectivity index (χ0) is 22.8. The van der Waals surface area contributed by atoms with Crippen LogP contribution in [0.4, 0.5) is 4.79 Å². The fraction of sp³-hybridized carbons (Fsp3) is 0.333. The van der Waals surface area contributed by atoms with Gasteiger partial charge in [-0.25, -0.2) is 4.79 Å². The van der Waals surface area contributed by atoms with Crippen LogP contribution in [0.3, 0.4) is 0 Å². The van der Waals surface area contributed by atoms with Crippen molar-refractivity contribution >= 4 is 23.9 Å². The van der Waals surface area contributed by atoms with Gasteiger partial charge in [0.25, 0.3) is 17.7 Å². The summed E-state index contributed by atoms with van der Waals surface area (Å²) in [6, 6.07) is 11.6. The number of nitrogens with zero attached hydrogens (tertiary/aromatic N) is 1. The van der Waals surface area contributed by atoms with Gasteiger partial charge in [0, 0.05) is 30.9 Å². The summed E-state index contributed by atoms with van der Waals surface area (Å²) in [4.78, 5) is 52.8. The number of fused-ring (bicyclic) bond motifs is 3. The molecule has 1 fully saturated rings. The number of hydrogen-bond donors (Lipinski definition) is 1. The number of carbonyl (C=O) groups excluding carboxylic acids is 4. The Bertz CT molecular complexity index is 1090. The van der Waals surface area contributed by atoms with Crippen LogP contribution in [0, 0.1) is 6.92 Å². The topological polar surface area (TPSA) is 102 Å².